The molecule has 3 rings (SSSR count). The van der Waals surface area contributed by atoms with Crippen LogP contribution in [0.3, 0.4) is 0 Å². The van der Waals surface area contributed by atoms with Crippen molar-refractivity contribution in [1.82, 2.24) is 3.97 Å². The minimum absolute atomic E-state index is 0.164. The molecule has 146 valence electrons. The van der Waals surface area contributed by atoms with Gasteiger partial charge in [-0.15, -0.1) is 0 Å². The Bertz CT molecular complexity index is 1110. The molecular formula is C20H22N4O3S. The predicted molar refractivity (Wildman–Crippen MR) is 108 cm³/mol. The van der Waals surface area contributed by atoms with Crippen LogP contribution in [0.2, 0.25) is 0 Å². The van der Waals surface area contributed by atoms with E-state index in [0.717, 1.165) is 5.39 Å². The van der Waals surface area contributed by atoms with E-state index in [9.17, 15) is 13.5 Å². The molecule has 0 radical (unpaired) electrons. The summed E-state index contributed by atoms with van der Waals surface area (Å²) < 4.78 is 28.0. The Labute approximate surface area is 163 Å². The molecule has 0 aliphatic rings. The van der Waals surface area contributed by atoms with Gasteiger partial charge in [-0.05, 0) is 49.6 Å². The fourth-order valence-electron chi connectivity index (χ4n) is 3.29. The van der Waals surface area contributed by atoms with Gasteiger partial charge in [-0.1, -0.05) is 47.9 Å². The topological polar surface area (TPSA) is 108 Å². The van der Waals surface area contributed by atoms with E-state index >= 15 is 0 Å². The fourth-order valence-corrected chi connectivity index (χ4v) is 4.93. The summed E-state index contributed by atoms with van der Waals surface area (Å²) in [6.07, 6.45) is 1.55. The maximum Gasteiger partial charge on any atom is 0.268 e. The van der Waals surface area contributed by atoms with Crippen LogP contribution in [0.5, 0.6) is 0 Å². The monoisotopic (exact) mass is 398 g/mol. The third kappa shape index (κ3) is 3.89. The number of fused-ring (bicyclic) bond motifs is 1. The van der Waals surface area contributed by atoms with Gasteiger partial charge in [-0.25, -0.2) is 12.4 Å². The highest BCUT2D eigenvalue weighted by Gasteiger charge is 2.32. The number of azide groups is 1. The number of para-hydroxylation sites is 1. The molecule has 0 saturated heterocycles. The molecule has 3 aromatic rings. The van der Waals surface area contributed by atoms with Gasteiger partial charge in [-0.3, -0.25) is 0 Å². The van der Waals surface area contributed by atoms with Crippen molar-refractivity contribution in [2.24, 2.45) is 5.11 Å². The Balaban J connectivity index is 2.08. The van der Waals surface area contributed by atoms with Crippen LogP contribution in [-0.2, 0) is 15.6 Å². The average molecular weight is 398 g/mol. The molecule has 1 atom stereocenters. The number of aromatic nitrogens is 1. The van der Waals surface area contributed by atoms with Crippen molar-refractivity contribution in [2.45, 2.75) is 36.7 Å². The van der Waals surface area contributed by atoms with Crippen LogP contribution >= 0.6 is 0 Å². The van der Waals surface area contributed by atoms with Gasteiger partial charge in [0, 0.05) is 16.8 Å². The Morgan fingerprint density at radius 1 is 1.11 bits per heavy atom. The van der Waals surface area contributed by atoms with E-state index in [4.69, 9.17) is 5.53 Å². The molecular weight excluding hydrogens is 376 g/mol. The molecule has 0 bridgehead atoms. The fraction of sp³-hybridized carbons (Fsp3) is 0.300. The standard InChI is InChI=1S/C20H22N4O3S/c1-20(25,13-7-8-14-22-23-21)19-15-16-9-5-6-12-18(16)24(19)28(26,27)17-10-3-2-4-11-17/h2-6,9-12,15,25H,7-8,13-14H2,1H3. The normalized spacial score (nSPS) is 13.8. The van der Waals surface area contributed by atoms with E-state index < -0.39 is 15.6 Å². The van der Waals surface area contributed by atoms with Crippen LogP contribution < -0.4 is 0 Å². The highest BCUT2D eigenvalue weighted by atomic mass is 32.2. The first-order chi connectivity index (χ1) is 13.4. The van der Waals surface area contributed by atoms with Gasteiger partial charge in [0.2, 0.25) is 0 Å². The van der Waals surface area contributed by atoms with E-state index in [-0.39, 0.29) is 4.90 Å². The summed E-state index contributed by atoms with van der Waals surface area (Å²) in [5.74, 6) is 0. The second-order valence-electron chi connectivity index (χ2n) is 6.86. The van der Waals surface area contributed by atoms with E-state index in [2.05, 4.69) is 10.0 Å². The van der Waals surface area contributed by atoms with E-state index in [1.165, 1.54) is 3.97 Å². The lowest BCUT2D eigenvalue weighted by molar-refractivity contribution is 0.0403. The van der Waals surface area contributed by atoms with E-state index in [1.807, 2.05) is 12.1 Å². The first-order valence-electron chi connectivity index (χ1n) is 9.03. The van der Waals surface area contributed by atoms with Crippen LogP contribution in [0.1, 0.15) is 31.9 Å². The minimum atomic E-state index is -3.89. The Morgan fingerprint density at radius 2 is 1.79 bits per heavy atom. The van der Waals surface area contributed by atoms with Crippen LogP contribution in [0.4, 0.5) is 0 Å². The summed E-state index contributed by atoms with van der Waals surface area (Å²) in [4.78, 5) is 2.88. The van der Waals surface area contributed by atoms with E-state index in [1.54, 1.807) is 55.5 Å². The molecule has 28 heavy (non-hydrogen) atoms. The largest absolute Gasteiger partial charge is 0.384 e. The summed E-state index contributed by atoms with van der Waals surface area (Å²) in [7, 11) is -3.89. The van der Waals surface area contributed by atoms with Crippen molar-refractivity contribution in [3.63, 3.8) is 0 Å². The highest BCUT2D eigenvalue weighted by Crippen LogP contribution is 2.34. The molecule has 1 unspecified atom stereocenters. The molecule has 7 nitrogen and oxygen atoms in total. The van der Waals surface area contributed by atoms with Gasteiger partial charge < -0.3 is 5.11 Å². The summed E-state index contributed by atoms with van der Waals surface area (Å²) in [5, 5.41) is 15.4. The lowest BCUT2D eigenvalue weighted by Gasteiger charge is -2.25. The number of unbranched alkanes of at least 4 members (excludes halogenated alkanes) is 1. The van der Waals surface area contributed by atoms with Crippen molar-refractivity contribution in [3.05, 3.63) is 76.8 Å². The van der Waals surface area contributed by atoms with Gasteiger partial charge in [0.1, 0.15) is 5.60 Å². The summed E-state index contributed by atoms with van der Waals surface area (Å²) in [6, 6.07) is 17.1. The summed E-state index contributed by atoms with van der Waals surface area (Å²) in [5.41, 5.74) is 7.84. The first-order valence-corrected chi connectivity index (χ1v) is 10.5. The number of nitrogens with zero attached hydrogens (tertiary/aromatic N) is 4. The molecule has 0 aliphatic carbocycles. The van der Waals surface area contributed by atoms with Gasteiger partial charge >= 0.3 is 0 Å². The lowest BCUT2D eigenvalue weighted by Crippen LogP contribution is -2.28. The Hall–Kier alpha value is -2.80. The minimum Gasteiger partial charge on any atom is -0.384 e. The van der Waals surface area contributed by atoms with Gasteiger partial charge in [-0.2, -0.15) is 0 Å². The van der Waals surface area contributed by atoms with Crippen molar-refractivity contribution in [2.75, 3.05) is 6.54 Å². The Kier molecular flexibility index (Phi) is 5.74. The van der Waals surface area contributed by atoms with Crippen LogP contribution in [0.25, 0.3) is 21.3 Å². The summed E-state index contributed by atoms with van der Waals surface area (Å²) in [6.45, 7) is 1.96. The number of aliphatic hydroxyl groups is 1. The highest BCUT2D eigenvalue weighted by molar-refractivity contribution is 7.90. The lowest BCUT2D eigenvalue weighted by atomic mass is 9.95. The number of hydrogen-bond acceptors (Lipinski definition) is 4. The smallest absolute Gasteiger partial charge is 0.268 e. The van der Waals surface area contributed by atoms with Crippen molar-refractivity contribution in [3.8, 4) is 0 Å². The molecule has 1 N–H and O–H groups in total. The van der Waals surface area contributed by atoms with Crippen molar-refractivity contribution < 1.29 is 13.5 Å². The average Bonchev–Trinajstić information content (AvgIpc) is 3.10. The second-order valence-corrected chi connectivity index (χ2v) is 8.64. The third-order valence-electron chi connectivity index (χ3n) is 4.73. The molecule has 2 aromatic carbocycles. The number of hydrogen-bond donors (Lipinski definition) is 1. The zero-order chi connectivity index (χ0) is 20.2. The van der Waals surface area contributed by atoms with Crippen molar-refractivity contribution in [1.29, 1.82) is 0 Å². The van der Waals surface area contributed by atoms with Gasteiger partial charge in [0.25, 0.3) is 10.0 Å². The molecule has 0 amide bonds. The predicted octanol–water partition coefficient (Wildman–Crippen LogP) is 4.57. The maximum atomic E-state index is 13.4. The third-order valence-corrected chi connectivity index (χ3v) is 6.48. The van der Waals surface area contributed by atoms with Crippen LogP contribution in [-0.4, -0.2) is 24.0 Å². The zero-order valence-corrected chi connectivity index (χ0v) is 16.4. The molecule has 8 heteroatoms. The molecule has 0 fully saturated rings. The van der Waals surface area contributed by atoms with Crippen LogP contribution in [0, 0.1) is 0 Å². The van der Waals surface area contributed by atoms with E-state index in [0.29, 0.717) is 37.0 Å². The van der Waals surface area contributed by atoms with Crippen molar-refractivity contribution >= 4 is 20.9 Å². The molecule has 1 aromatic heterocycles. The second kappa shape index (κ2) is 8.06. The molecule has 0 aliphatic heterocycles. The first kappa shape index (κ1) is 19.9. The molecule has 0 spiro atoms. The maximum absolute atomic E-state index is 13.4. The zero-order valence-electron chi connectivity index (χ0n) is 15.6. The Morgan fingerprint density at radius 3 is 2.50 bits per heavy atom. The SMILES string of the molecule is CC(O)(CCCCN=[N+]=[N-])c1cc2ccccc2n1S(=O)(=O)c1ccccc1. The molecule has 1 heterocycles. The van der Waals surface area contributed by atoms with Gasteiger partial charge in [0.15, 0.2) is 0 Å². The quantitative estimate of drug-likeness (QED) is 0.260. The number of benzene rings is 2. The molecule has 0 saturated carbocycles. The number of rotatable bonds is 8. The van der Waals surface area contributed by atoms with Gasteiger partial charge in [0.05, 0.1) is 16.1 Å². The van der Waals surface area contributed by atoms with Crippen LogP contribution in [0.15, 0.2) is 70.7 Å². The summed E-state index contributed by atoms with van der Waals surface area (Å²) >= 11 is 0.